The molecule has 0 aliphatic heterocycles. The van der Waals surface area contributed by atoms with E-state index in [2.05, 4.69) is 33.4 Å². The number of amides is 2. The molecule has 0 unspecified atom stereocenters. The van der Waals surface area contributed by atoms with Gasteiger partial charge < -0.3 is 5.32 Å². The van der Waals surface area contributed by atoms with Gasteiger partial charge in [-0.15, -0.1) is 0 Å². The molecule has 2 amide bonds. The minimum atomic E-state index is -0.356. The van der Waals surface area contributed by atoms with Crippen molar-refractivity contribution in [3.63, 3.8) is 0 Å². The summed E-state index contributed by atoms with van der Waals surface area (Å²) >= 11 is 2.18. The van der Waals surface area contributed by atoms with Crippen molar-refractivity contribution in [2.75, 3.05) is 11.9 Å². The molecule has 0 saturated carbocycles. The van der Waals surface area contributed by atoms with Crippen molar-refractivity contribution in [2.45, 2.75) is 13.3 Å². The van der Waals surface area contributed by atoms with Crippen LogP contribution in [0.3, 0.4) is 0 Å². The number of urea groups is 1. The second kappa shape index (κ2) is 6.62. The minimum absolute atomic E-state index is 0.356. The molecule has 0 heterocycles. The molecule has 0 aliphatic carbocycles. The fourth-order valence-electron chi connectivity index (χ4n) is 0.941. The Morgan fingerprint density at radius 3 is 3.00 bits per heavy atom. The van der Waals surface area contributed by atoms with E-state index in [1.807, 2.05) is 31.2 Å². The molecule has 0 aromatic heterocycles. The van der Waals surface area contributed by atoms with Crippen molar-refractivity contribution < 1.29 is 9.63 Å². The topological polar surface area (TPSA) is 50.4 Å². The molecule has 0 spiro atoms. The van der Waals surface area contributed by atoms with Gasteiger partial charge in [0.2, 0.25) is 0 Å². The number of benzene rings is 1. The normalized spacial score (nSPS) is 9.73. The average Bonchev–Trinajstić information content (AvgIpc) is 2.18. The van der Waals surface area contributed by atoms with Crippen LogP contribution in [0.2, 0.25) is 0 Å². The Morgan fingerprint density at radius 1 is 1.53 bits per heavy atom. The van der Waals surface area contributed by atoms with Crippen molar-refractivity contribution >= 4 is 34.3 Å². The van der Waals surface area contributed by atoms with Gasteiger partial charge in [0.25, 0.3) is 0 Å². The molecule has 5 heteroatoms. The highest BCUT2D eigenvalue weighted by Crippen LogP contribution is 2.11. The first kappa shape index (κ1) is 12.3. The van der Waals surface area contributed by atoms with Gasteiger partial charge in [0.15, 0.2) is 0 Å². The summed E-state index contributed by atoms with van der Waals surface area (Å²) in [5.41, 5.74) is 3.05. The lowest BCUT2D eigenvalue weighted by atomic mass is 10.3. The number of nitrogens with one attached hydrogen (secondary N) is 2. The van der Waals surface area contributed by atoms with Gasteiger partial charge in [0.05, 0.1) is 6.61 Å². The summed E-state index contributed by atoms with van der Waals surface area (Å²) in [6.07, 6.45) is 0.865. The molecule has 0 bridgehead atoms. The molecule has 1 aromatic rings. The van der Waals surface area contributed by atoms with Gasteiger partial charge in [-0.3, -0.25) is 4.84 Å². The lowest BCUT2D eigenvalue weighted by Crippen LogP contribution is -2.29. The van der Waals surface area contributed by atoms with Crippen LogP contribution in [0.4, 0.5) is 10.5 Å². The zero-order valence-corrected chi connectivity index (χ0v) is 10.6. The number of carbonyl (C=O) groups is 1. The van der Waals surface area contributed by atoms with Gasteiger partial charge in [0.1, 0.15) is 0 Å². The molecule has 0 fully saturated rings. The zero-order chi connectivity index (χ0) is 11.1. The Kier molecular flexibility index (Phi) is 5.41. The predicted octanol–water partition coefficient (Wildman–Crippen LogP) is 2.75. The Labute approximate surface area is 102 Å². The number of hydrogen-bond donors (Lipinski definition) is 2. The molecule has 0 atom stereocenters. The fourth-order valence-corrected chi connectivity index (χ4v) is 1.48. The van der Waals surface area contributed by atoms with E-state index in [0.29, 0.717) is 6.61 Å². The third-order valence-electron chi connectivity index (χ3n) is 1.55. The highest BCUT2D eigenvalue weighted by Gasteiger charge is 2.00. The second-order valence-electron chi connectivity index (χ2n) is 2.91. The third kappa shape index (κ3) is 4.98. The van der Waals surface area contributed by atoms with Crippen molar-refractivity contribution in [1.82, 2.24) is 5.48 Å². The smallest absolute Gasteiger partial charge is 0.306 e. The van der Waals surface area contributed by atoms with E-state index in [0.717, 1.165) is 15.7 Å². The molecular weight excluding hydrogens is 307 g/mol. The van der Waals surface area contributed by atoms with Crippen molar-refractivity contribution in [3.8, 4) is 0 Å². The Morgan fingerprint density at radius 2 is 2.33 bits per heavy atom. The number of carbonyl (C=O) groups excluding carboxylic acids is 1. The van der Waals surface area contributed by atoms with Crippen LogP contribution in [0.5, 0.6) is 0 Å². The van der Waals surface area contributed by atoms with E-state index in [1.165, 1.54) is 0 Å². The van der Waals surface area contributed by atoms with Gasteiger partial charge >= 0.3 is 6.03 Å². The number of halogens is 1. The Bertz CT molecular complexity index is 331. The molecule has 0 saturated heterocycles. The maximum absolute atomic E-state index is 11.2. The highest BCUT2D eigenvalue weighted by molar-refractivity contribution is 14.1. The Hall–Kier alpha value is -0.820. The minimum Gasteiger partial charge on any atom is -0.306 e. The average molecular weight is 320 g/mol. The molecule has 1 rings (SSSR count). The first-order valence-electron chi connectivity index (χ1n) is 4.66. The molecule has 15 heavy (non-hydrogen) atoms. The van der Waals surface area contributed by atoms with Crippen molar-refractivity contribution in [1.29, 1.82) is 0 Å². The predicted molar refractivity (Wildman–Crippen MR) is 67.6 cm³/mol. The van der Waals surface area contributed by atoms with Crippen LogP contribution < -0.4 is 10.8 Å². The van der Waals surface area contributed by atoms with Crippen LogP contribution in [0.15, 0.2) is 24.3 Å². The quantitative estimate of drug-likeness (QED) is 0.509. The van der Waals surface area contributed by atoms with Crippen molar-refractivity contribution in [2.24, 2.45) is 0 Å². The summed E-state index contributed by atoms with van der Waals surface area (Å²) in [6.45, 7) is 2.49. The maximum atomic E-state index is 11.2. The van der Waals surface area contributed by atoms with Gasteiger partial charge in [0, 0.05) is 9.26 Å². The Balaban J connectivity index is 2.37. The van der Waals surface area contributed by atoms with Gasteiger partial charge in [-0.1, -0.05) is 13.0 Å². The molecule has 0 aliphatic rings. The summed E-state index contributed by atoms with van der Waals surface area (Å²) in [5.74, 6) is 0. The molecule has 0 radical (unpaired) electrons. The number of hydrogen-bond acceptors (Lipinski definition) is 2. The summed E-state index contributed by atoms with van der Waals surface area (Å²) < 4.78 is 1.07. The molecule has 82 valence electrons. The van der Waals surface area contributed by atoms with Crippen LogP contribution in [0.25, 0.3) is 0 Å². The number of anilines is 1. The van der Waals surface area contributed by atoms with E-state index in [4.69, 9.17) is 4.84 Å². The van der Waals surface area contributed by atoms with E-state index in [-0.39, 0.29) is 6.03 Å². The lowest BCUT2D eigenvalue weighted by molar-refractivity contribution is 0.0664. The summed E-state index contributed by atoms with van der Waals surface area (Å²) in [5, 5.41) is 2.66. The standard InChI is InChI=1S/C10H13IN2O2/c1-2-6-15-13-10(14)12-9-5-3-4-8(11)7-9/h3-5,7H,2,6H2,1H3,(H2,12,13,14). The first-order chi connectivity index (χ1) is 7.22. The van der Waals surface area contributed by atoms with Crippen LogP contribution in [-0.2, 0) is 4.84 Å². The largest absolute Gasteiger partial charge is 0.343 e. The fraction of sp³-hybridized carbons (Fsp3) is 0.300. The number of rotatable bonds is 4. The van der Waals surface area contributed by atoms with Gasteiger partial charge in [-0.05, 0) is 47.2 Å². The first-order valence-corrected chi connectivity index (χ1v) is 5.74. The molecule has 2 N–H and O–H groups in total. The van der Waals surface area contributed by atoms with Crippen LogP contribution in [0.1, 0.15) is 13.3 Å². The van der Waals surface area contributed by atoms with Crippen molar-refractivity contribution in [3.05, 3.63) is 27.8 Å². The highest BCUT2D eigenvalue weighted by atomic mass is 127. The van der Waals surface area contributed by atoms with Crippen LogP contribution >= 0.6 is 22.6 Å². The molecule has 4 nitrogen and oxygen atoms in total. The molecular formula is C10H13IN2O2. The lowest BCUT2D eigenvalue weighted by Gasteiger charge is -2.07. The van der Waals surface area contributed by atoms with E-state index in [1.54, 1.807) is 0 Å². The summed E-state index contributed by atoms with van der Waals surface area (Å²) in [6, 6.07) is 7.17. The van der Waals surface area contributed by atoms with Gasteiger partial charge in [-0.2, -0.15) is 0 Å². The zero-order valence-electron chi connectivity index (χ0n) is 8.42. The third-order valence-corrected chi connectivity index (χ3v) is 2.22. The van der Waals surface area contributed by atoms with Gasteiger partial charge in [-0.25, -0.2) is 10.3 Å². The maximum Gasteiger partial charge on any atom is 0.343 e. The monoisotopic (exact) mass is 320 g/mol. The van der Waals surface area contributed by atoms with Crippen LogP contribution in [0, 0.1) is 3.57 Å². The number of hydroxylamine groups is 1. The molecule has 1 aromatic carbocycles. The van der Waals surface area contributed by atoms with E-state index >= 15 is 0 Å². The second-order valence-corrected chi connectivity index (χ2v) is 4.16. The summed E-state index contributed by atoms with van der Waals surface area (Å²) in [7, 11) is 0. The van der Waals surface area contributed by atoms with E-state index in [9.17, 15) is 4.79 Å². The SMILES string of the molecule is CCCONC(=O)Nc1cccc(I)c1. The summed E-state index contributed by atoms with van der Waals surface area (Å²) in [4.78, 5) is 16.1. The van der Waals surface area contributed by atoms with Crippen LogP contribution in [-0.4, -0.2) is 12.6 Å². The van der Waals surface area contributed by atoms with E-state index < -0.39 is 0 Å².